The van der Waals surface area contributed by atoms with E-state index in [2.05, 4.69) is 13.0 Å². The number of furan rings is 1. The molecule has 0 bridgehead atoms. The smallest absolute Gasteiger partial charge is 0.205 e. The second-order valence-corrected chi connectivity index (χ2v) is 16.7. The fourth-order valence-electron chi connectivity index (χ4n) is 6.39. The third kappa shape index (κ3) is 4.84. The van der Waals surface area contributed by atoms with Crippen molar-refractivity contribution in [3.63, 3.8) is 0 Å². The van der Waals surface area contributed by atoms with E-state index in [0.29, 0.717) is 27.0 Å². The van der Waals surface area contributed by atoms with Gasteiger partial charge in [-0.25, -0.2) is 0 Å². The third-order valence-corrected chi connectivity index (χ3v) is 14.4. The van der Waals surface area contributed by atoms with Gasteiger partial charge in [0.1, 0.15) is 5.58 Å². The van der Waals surface area contributed by atoms with Crippen LogP contribution in [-0.4, -0.2) is 0 Å². The molecule has 5 heteroatoms. The average molecular weight is 623 g/mol. The molecule has 6 aromatic carbocycles. The Labute approximate surface area is 264 Å². The van der Waals surface area contributed by atoms with Crippen molar-refractivity contribution in [3.05, 3.63) is 169 Å². The molecule has 7 rings (SSSR count). The van der Waals surface area contributed by atoms with Gasteiger partial charge < -0.3 is 13.5 Å². The molecule has 0 amide bonds. The van der Waals surface area contributed by atoms with Crippen LogP contribution in [0.15, 0.2) is 162 Å². The van der Waals surface area contributed by atoms with Crippen molar-refractivity contribution >= 4 is 57.3 Å². The van der Waals surface area contributed by atoms with Crippen LogP contribution in [0.25, 0.3) is 22.1 Å². The van der Waals surface area contributed by atoms with Crippen LogP contribution in [0.5, 0.6) is 0 Å². The Hall–Kier alpha value is -4.68. The Kier molecular flexibility index (Phi) is 7.54. The zero-order chi connectivity index (χ0) is 31.0. The van der Waals surface area contributed by atoms with E-state index >= 15 is 9.13 Å². The highest BCUT2D eigenvalue weighted by Gasteiger charge is 2.40. The van der Waals surface area contributed by atoms with Crippen molar-refractivity contribution in [1.29, 1.82) is 0 Å². The zero-order valence-electron chi connectivity index (χ0n) is 25.1. The van der Waals surface area contributed by atoms with Crippen molar-refractivity contribution in [3.8, 4) is 11.1 Å². The Bertz CT molecular complexity index is 2140. The minimum absolute atomic E-state index is 0.392. The fourth-order valence-corrected chi connectivity index (χ4v) is 12.0. The lowest BCUT2D eigenvalue weighted by Crippen LogP contribution is -2.29. The first-order valence-corrected chi connectivity index (χ1v) is 18.4. The first kappa shape index (κ1) is 29.1. The highest BCUT2D eigenvalue weighted by atomic mass is 31.2. The average Bonchev–Trinajstić information content (AvgIpc) is 3.49. The van der Waals surface area contributed by atoms with Gasteiger partial charge >= 0.3 is 0 Å². The largest absolute Gasteiger partial charge is 0.452 e. The van der Waals surface area contributed by atoms with E-state index in [1.807, 2.05) is 159 Å². The molecule has 0 atom stereocenters. The maximum absolute atomic E-state index is 15.9. The summed E-state index contributed by atoms with van der Waals surface area (Å²) in [5, 5.41) is 4.39. The van der Waals surface area contributed by atoms with Crippen LogP contribution in [0, 0.1) is 13.8 Å². The molecule has 220 valence electrons. The Morgan fingerprint density at radius 1 is 0.489 bits per heavy atom. The summed E-state index contributed by atoms with van der Waals surface area (Å²) in [7, 11) is -6.96. The number of rotatable bonds is 7. The standard InChI is InChI=1S/C40H32O3P2/c1-29-27-30(2)38-36(28-29)43-40(45(42,33-21-11-5-12-22-33)34-23-13-6-14-24-34)39(38)35-25-15-16-26-37(35)44(41,31-17-7-3-8-18-31)32-19-9-4-10-20-32/h3-28H,1-2H3. The Morgan fingerprint density at radius 2 is 0.911 bits per heavy atom. The molecule has 7 aromatic rings. The van der Waals surface area contributed by atoms with Gasteiger partial charge in [-0.1, -0.05) is 152 Å². The molecule has 0 saturated heterocycles. The van der Waals surface area contributed by atoms with Gasteiger partial charge in [0.05, 0.1) is 0 Å². The third-order valence-electron chi connectivity index (χ3n) is 8.39. The second kappa shape index (κ2) is 11.7. The lowest BCUT2D eigenvalue weighted by molar-refractivity contribution is 0.580. The maximum Gasteiger partial charge on any atom is 0.205 e. The summed E-state index contributed by atoms with van der Waals surface area (Å²) in [4.78, 5) is 0. The first-order chi connectivity index (χ1) is 21.9. The lowest BCUT2D eigenvalue weighted by atomic mass is 10.00. The van der Waals surface area contributed by atoms with E-state index in [4.69, 9.17) is 4.42 Å². The van der Waals surface area contributed by atoms with Crippen LogP contribution in [0.4, 0.5) is 0 Å². The molecule has 0 N–H and O–H groups in total. The van der Waals surface area contributed by atoms with Gasteiger partial charge in [-0.05, 0) is 36.6 Å². The van der Waals surface area contributed by atoms with Crippen molar-refractivity contribution in [1.82, 2.24) is 0 Å². The van der Waals surface area contributed by atoms with Crippen LogP contribution in [0.2, 0.25) is 0 Å². The summed E-state index contributed by atoms with van der Waals surface area (Å²) in [6.07, 6.45) is 0. The van der Waals surface area contributed by atoms with Crippen LogP contribution in [-0.2, 0) is 9.13 Å². The van der Waals surface area contributed by atoms with Gasteiger partial charge in [-0.2, -0.15) is 0 Å². The van der Waals surface area contributed by atoms with Crippen LogP contribution in [0.1, 0.15) is 11.1 Å². The fraction of sp³-hybridized carbons (Fsp3) is 0.0500. The van der Waals surface area contributed by atoms with Gasteiger partial charge in [0.2, 0.25) is 7.14 Å². The van der Waals surface area contributed by atoms with Gasteiger partial charge in [0, 0.05) is 37.5 Å². The van der Waals surface area contributed by atoms with Crippen molar-refractivity contribution in [2.24, 2.45) is 0 Å². The van der Waals surface area contributed by atoms with Crippen LogP contribution >= 0.6 is 14.3 Å². The van der Waals surface area contributed by atoms with Crippen LogP contribution < -0.4 is 32.0 Å². The predicted molar refractivity (Wildman–Crippen MR) is 190 cm³/mol. The molecule has 0 radical (unpaired) electrons. The first-order valence-electron chi connectivity index (χ1n) is 15.0. The minimum Gasteiger partial charge on any atom is -0.452 e. The van der Waals surface area contributed by atoms with Crippen LogP contribution in [0.3, 0.4) is 0 Å². The SMILES string of the molecule is Cc1cc(C)c2c(-c3ccccc3P(=O)(c3ccccc3)c3ccccc3)c(P(=O)(c3ccccc3)c3ccccc3)oc2c1. The molecule has 3 nitrogen and oxygen atoms in total. The predicted octanol–water partition coefficient (Wildman–Crippen LogP) is 8.00. The van der Waals surface area contributed by atoms with Crippen molar-refractivity contribution < 1.29 is 13.5 Å². The zero-order valence-corrected chi connectivity index (χ0v) is 26.9. The highest BCUT2D eigenvalue weighted by Crippen LogP contribution is 2.51. The van der Waals surface area contributed by atoms with E-state index < -0.39 is 14.3 Å². The Balaban J connectivity index is 1.64. The molecule has 45 heavy (non-hydrogen) atoms. The van der Waals surface area contributed by atoms with E-state index in [9.17, 15) is 0 Å². The molecule has 0 spiro atoms. The van der Waals surface area contributed by atoms with Gasteiger partial charge in [-0.15, -0.1) is 0 Å². The summed E-state index contributed by atoms with van der Waals surface area (Å²) >= 11 is 0. The van der Waals surface area contributed by atoms with Crippen molar-refractivity contribution in [2.45, 2.75) is 13.8 Å². The molecule has 0 aliphatic rings. The molecular weight excluding hydrogens is 590 g/mol. The lowest BCUT2D eigenvalue weighted by Gasteiger charge is -2.24. The second-order valence-electron chi connectivity index (χ2n) is 11.3. The molecule has 0 unspecified atom stereocenters. The molecule has 0 aliphatic carbocycles. The Morgan fingerprint density at radius 3 is 1.40 bits per heavy atom. The van der Waals surface area contributed by atoms with E-state index in [1.54, 1.807) is 0 Å². The summed E-state index contributed by atoms with van der Waals surface area (Å²) in [6, 6.07) is 50.5. The summed E-state index contributed by atoms with van der Waals surface area (Å²) in [5.41, 5.74) is 4.58. The minimum atomic E-state index is -3.56. The molecule has 0 saturated carbocycles. The van der Waals surface area contributed by atoms with Gasteiger partial charge in [0.25, 0.3) is 0 Å². The number of aryl methyl sites for hydroxylation is 2. The number of hydrogen-bond donors (Lipinski definition) is 0. The van der Waals surface area contributed by atoms with Crippen molar-refractivity contribution in [2.75, 3.05) is 0 Å². The molecule has 0 aliphatic heterocycles. The molecule has 1 aromatic heterocycles. The summed E-state index contributed by atoms with van der Waals surface area (Å²) in [5.74, 6) is 0. The molecule has 0 fully saturated rings. The summed E-state index contributed by atoms with van der Waals surface area (Å²) in [6.45, 7) is 4.10. The normalized spacial score (nSPS) is 12.0. The number of benzene rings is 6. The molecule has 1 heterocycles. The van der Waals surface area contributed by atoms with E-state index in [1.165, 1.54) is 0 Å². The van der Waals surface area contributed by atoms with E-state index in [0.717, 1.165) is 38.2 Å². The van der Waals surface area contributed by atoms with E-state index in [-0.39, 0.29) is 0 Å². The van der Waals surface area contributed by atoms with Gasteiger partial charge in [-0.3, -0.25) is 0 Å². The highest BCUT2D eigenvalue weighted by molar-refractivity contribution is 7.86. The molecular formula is C40H32O3P2. The number of fused-ring (bicyclic) bond motifs is 1. The topological polar surface area (TPSA) is 47.3 Å². The monoisotopic (exact) mass is 622 g/mol. The maximum atomic E-state index is 15.9. The van der Waals surface area contributed by atoms with Gasteiger partial charge in [0.15, 0.2) is 12.6 Å². The summed E-state index contributed by atoms with van der Waals surface area (Å²) < 4.78 is 38.5. The quantitative estimate of drug-likeness (QED) is 0.169. The number of hydrogen-bond acceptors (Lipinski definition) is 3.